The fourth-order valence-corrected chi connectivity index (χ4v) is 0.428. The van der Waals surface area contributed by atoms with Crippen LogP contribution in [0.4, 0.5) is 4.79 Å². The van der Waals surface area contributed by atoms with Crippen molar-refractivity contribution in [2.45, 2.75) is 25.5 Å². The molecule has 6 heteroatoms. The molecular formula is C6H9ClO5. The lowest BCUT2D eigenvalue weighted by molar-refractivity contribution is -0.147. The lowest BCUT2D eigenvalue weighted by atomic mass is 10.4. The molecule has 0 aliphatic rings. The third-order valence-electron chi connectivity index (χ3n) is 0.879. The molecule has 2 atom stereocenters. The molecule has 0 rings (SSSR count). The van der Waals surface area contributed by atoms with Gasteiger partial charge in [0.1, 0.15) is 0 Å². The molecule has 0 bridgehead atoms. The van der Waals surface area contributed by atoms with Crippen molar-refractivity contribution in [3.05, 3.63) is 0 Å². The summed E-state index contributed by atoms with van der Waals surface area (Å²) in [7, 11) is 0. The molecule has 0 fully saturated rings. The second-order valence-electron chi connectivity index (χ2n) is 2.01. The number of hydrogen-bond donors (Lipinski definition) is 1. The zero-order chi connectivity index (χ0) is 9.72. The average Bonchev–Trinajstić information content (AvgIpc) is 1.84. The Morgan fingerprint density at radius 1 is 1.33 bits per heavy atom. The number of ether oxygens (including phenoxy) is 2. The molecule has 5 nitrogen and oxygen atoms in total. The second kappa shape index (κ2) is 4.82. The van der Waals surface area contributed by atoms with Gasteiger partial charge >= 0.3 is 12.1 Å². The Kier molecular flexibility index (Phi) is 4.43. The molecule has 1 unspecified atom stereocenters. The second-order valence-corrected chi connectivity index (χ2v) is 2.62. The van der Waals surface area contributed by atoms with E-state index in [4.69, 9.17) is 16.7 Å². The summed E-state index contributed by atoms with van der Waals surface area (Å²) < 4.78 is 8.59. The van der Waals surface area contributed by atoms with Crippen molar-refractivity contribution in [3.63, 3.8) is 0 Å². The number of carboxylic acid groups (broad SMARTS) is 1. The van der Waals surface area contributed by atoms with E-state index in [9.17, 15) is 9.59 Å². The first kappa shape index (κ1) is 11.0. The van der Waals surface area contributed by atoms with Crippen LogP contribution in [0.15, 0.2) is 0 Å². The van der Waals surface area contributed by atoms with E-state index in [1.165, 1.54) is 13.8 Å². The van der Waals surface area contributed by atoms with Gasteiger partial charge in [-0.15, -0.1) is 0 Å². The molecule has 0 heterocycles. The highest BCUT2D eigenvalue weighted by molar-refractivity contribution is 6.19. The van der Waals surface area contributed by atoms with Crippen LogP contribution in [-0.2, 0) is 14.3 Å². The van der Waals surface area contributed by atoms with Crippen molar-refractivity contribution >= 4 is 23.7 Å². The Bertz CT molecular complexity index is 179. The molecule has 70 valence electrons. The van der Waals surface area contributed by atoms with Crippen LogP contribution in [-0.4, -0.2) is 28.9 Å². The minimum atomic E-state index is -1.24. The van der Waals surface area contributed by atoms with Crippen LogP contribution >= 0.6 is 11.6 Å². The Labute approximate surface area is 74.2 Å². The van der Waals surface area contributed by atoms with Gasteiger partial charge in [0.05, 0.1) is 0 Å². The predicted octanol–water partition coefficient (Wildman–Crippen LogP) is 1.20. The summed E-state index contributed by atoms with van der Waals surface area (Å²) in [5.41, 5.74) is -0.835. The molecular weight excluding hydrogens is 188 g/mol. The van der Waals surface area contributed by atoms with E-state index in [2.05, 4.69) is 9.47 Å². The Morgan fingerprint density at radius 2 is 1.83 bits per heavy atom. The highest BCUT2D eigenvalue weighted by atomic mass is 35.5. The first-order valence-corrected chi connectivity index (χ1v) is 3.61. The first-order valence-electron chi connectivity index (χ1n) is 3.17. The van der Waals surface area contributed by atoms with Gasteiger partial charge in [-0.2, -0.15) is 0 Å². The van der Waals surface area contributed by atoms with Gasteiger partial charge in [0.15, 0.2) is 11.7 Å². The van der Waals surface area contributed by atoms with Crippen molar-refractivity contribution in [3.8, 4) is 0 Å². The molecule has 1 N–H and O–H groups in total. The smallest absolute Gasteiger partial charge is 0.479 e. The fourth-order valence-electron chi connectivity index (χ4n) is 0.355. The minimum absolute atomic E-state index is 0.835. The van der Waals surface area contributed by atoms with Gasteiger partial charge in [-0.05, 0) is 13.8 Å². The van der Waals surface area contributed by atoms with Gasteiger partial charge in [0, 0.05) is 0 Å². The highest BCUT2D eigenvalue weighted by Crippen LogP contribution is 2.01. The maximum absolute atomic E-state index is 10.6. The quantitative estimate of drug-likeness (QED) is 0.542. The summed E-state index contributed by atoms with van der Waals surface area (Å²) in [5, 5.41) is 8.30. The molecule has 0 spiro atoms. The molecule has 0 aliphatic heterocycles. The molecule has 0 amide bonds. The SMILES string of the molecule is CC(Cl)OC(=O)O[C@H](C)C(=O)O. The molecule has 0 radical (unpaired) electrons. The van der Waals surface area contributed by atoms with Crippen molar-refractivity contribution in [2.24, 2.45) is 0 Å². The highest BCUT2D eigenvalue weighted by Gasteiger charge is 2.18. The Balaban J connectivity index is 3.77. The monoisotopic (exact) mass is 196 g/mol. The summed E-state index contributed by atoms with van der Waals surface area (Å²) in [5.74, 6) is -1.24. The number of alkyl halides is 1. The largest absolute Gasteiger partial charge is 0.510 e. The zero-order valence-electron chi connectivity index (χ0n) is 6.61. The van der Waals surface area contributed by atoms with Crippen LogP contribution in [0.25, 0.3) is 0 Å². The van der Waals surface area contributed by atoms with Gasteiger partial charge in [0.2, 0.25) is 0 Å². The van der Waals surface area contributed by atoms with E-state index in [1.54, 1.807) is 0 Å². The first-order chi connectivity index (χ1) is 5.43. The van der Waals surface area contributed by atoms with E-state index in [0.29, 0.717) is 0 Å². The Morgan fingerprint density at radius 3 is 2.17 bits per heavy atom. The van der Waals surface area contributed by atoms with Gasteiger partial charge in [-0.25, -0.2) is 9.59 Å². The van der Waals surface area contributed by atoms with Crippen LogP contribution in [0.2, 0.25) is 0 Å². The molecule has 0 aromatic heterocycles. The number of hydrogen-bond acceptors (Lipinski definition) is 4. The van der Waals surface area contributed by atoms with Gasteiger partial charge in [-0.3, -0.25) is 0 Å². The molecule has 12 heavy (non-hydrogen) atoms. The van der Waals surface area contributed by atoms with Crippen molar-refractivity contribution in [2.75, 3.05) is 0 Å². The lowest BCUT2D eigenvalue weighted by Crippen LogP contribution is -2.25. The molecule has 0 aromatic rings. The van der Waals surface area contributed by atoms with Crippen molar-refractivity contribution in [1.29, 1.82) is 0 Å². The van der Waals surface area contributed by atoms with E-state index < -0.39 is 23.8 Å². The number of halogens is 1. The predicted molar refractivity (Wildman–Crippen MR) is 40.0 cm³/mol. The average molecular weight is 197 g/mol. The van der Waals surface area contributed by atoms with Gasteiger partial charge < -0.3 is 14.6 Å². The summed E-state index contributed by atoms with van der Waals surface area (Å²) in [6, 6.07) is 0. The molecule has 0 saturated carbocycles. The van der Waals surface area contributed by atoms with E-state index in [0.717, 1.165) is 0 Å². The van der Waals surface area contributed by atoms with Crippen molar-refractivity contribution < 1.29 is 24.2 Å². The summed E-state index contributed by atoms with van der Waals surface area (Å²) >= 11 is 5.27. The van der Waals surface area contributed by atoms with Crippen LogP contribution in [0.1, 0.15) is 13.8 Å². The molecule has 0 aliphatic carbocycles. The lowest BCUT2D eigenvalue weighted by Gasteiger charge is -2.09. The van der Waals surface area contributed by atoms with Crippen LogP contribution in [0.3, 0.4) is 0 Å². The summed E-state index contributed by atoms with van der Waals surface area (Å²) in [4.78, 5) is 20.7. The van der Waals surface area contributed by atoms with Crippen molar-refractivity contribution in [1.82, 2.24) is 0 Å². The minimum Gasteiger partial charge on any atom is -0.479 e. The number of carbonyl (C=O) groups is 2. The number of aliphatic carboxylic acids is 1. The van der Waals surface area contributed by atoms with Crippen LogP contribution in [0, 0.1) is 0 Å². The van der Waals surface area contributed by atoms with Crippen LogP contribution in [0.5, 0.6) is 0 Å². The molecule has 0 aromatic carbocycles. The maximum atomic E-state index is 10.6. The third kappa shape index (κ3) is 4.79. The third-order valence-corrected chi connectivity index (χ3v) is 0.968. The van der Waals surface area contributed by atoms with E-state index in [1.807, 2.05) is 0 Å². The summed E-state index contributed by atoms with van der Waals surface area (Å²) in [6.07, 6.45) is -2.32. The number of rotatable bonds is 3. The zero-order valence-corrected chi connectivity index (χ0v) is 7.37. The van der Waals surface area contributed by atoms with Crippen LogP contribution < -0.4 is 0 Å². The Hall–Kier alpha value is -0.970. The standard InChI is InChI=1S/C6H9ClO5/c1-3(5(8)9)11-6(10)12-4(2)7/h3-4H,1-2H3,(H,8,9)/t3-,4?/m1/s1. The molecule has 0 saturated heterocycles. The maximum Gasteiger partial charge on any atom is 0.510 e. The van der Waals surface area contributed by atoms with Gasteiger partial charge in [0.25, 0.3) is 0 Å². The normalized spacial score (nSPS) is 14.6. The number of carbonyl (C=O) groups excluding carboxylic acids is 1. The van der Waals surface area contributed by atoms with E-state index in [-0.39, 0.29) is 0 Å². The summed E-state index contributed by atoms with van der Waals surface area (Å²) in [6.45, 7) is 2.62. The van der Waals surface area contributed by atoms with Gasteiger partial charge in [-0.1, -0.05) is 11.6 Å². The topological polar surface area (TPSA) is 72.8 Å². The fraction of sp³-hybridized carbons (Fsp3) is 0.667. The van der Waals surface area contributed by atoms with E-state index >= 15 is 0 Å². The number of carboxylic acids is 1.